The zero-order valence-corrected chi connectivity index (χ0v) is 22.2. The normalized spacial score (nSPS) is 18.8. The Kier molecular flexibility index (Phi) is 6.57. The molecule has 1 atom stereocenters. The van der Waals surface area contributed by atoms with E-state index in [9.17, 15) is 24.8 Å². The second-order valence-corrected chi connectivity index (χ2v) is 11.4. The number of ether oxygens (including phenoxy) is 3. The van der Waals surface area contributed by atoms with Crippen molar-refractivity contribution in [3.63, 3.8) is 0 Å². The Balaban J connectivity index is 1.69. The molecule has 0 spiro atoms. The number of carbonyl (C=O) groups excluding carboxylic acids is 1. The van der Waals surface area contributed by atoms with Gasteiger partial charge < -0.3 is 19.3 Å². The third kappa shape index (κ3) is 4.93. The highest BCUT2D eigenvalue weighted by Crippen LogP contribution is 2.58. The molecule has 2 aliphatic carbocycles. The van der Waals surface area contributed by atoms with Crippen molar-refractivity contribution in [3.8, 4) is 17.2 Å². The van der Waals surface area contributed by atoms with Crippen LogP contribution >= 0.6 is 0 Å². The molecule has 1 heterocycles. The fraction of sp³-hybridized carbons (Fsp3) is 0.517. The van der Waals surface area contributed by atoms with Gasteiger partial charge in [-0.3, -0.25) is 14.9 Å². The number of nitrogens with zero attached hydrogens (tertiary/aromatic N) is 1. The molecule has 2 aromatic rings. The number of benzene rings is 2. The molecule has 1 N–H and O–H groups in total. The van der Waals surface area contributed by atoms with Crippen LogP contribution in [0.5, 0.6) is 17.2 Å². The first-order chi connectivity index (χ1) is 18.0. The summed E-state index contributed by atoms with van der Waals surface area (Å²) in [5.41, 5.74) is 1.45. The van der Waals surface area contributed by atoms with Gasteiger partial charge >= 0.3 is 17.6 Å². The third-order valence-corrected chi connectivity index (χ3v) is 7.26. The van der Waals surface area contributed by atoms with Crippen molar-refractivity contribution in [2.75, 3.05) is 6.61 Å². The molecular formula is C29H33NO8. The average Bonchev–Trinajstić information content (AvgIpc) is 3.75. The van der Waals surface area contributed by atoms with Gasteiger partial charge in [-0.25, -0.2) is 4.79 Å². The van der Waals surface area contributed by atoms with Crippen molar-refractivity contribution >= 4 is 17.6 Å². The highest BCUT2D eigenvalue weighted by molar-refractivity contribution is 5.97. The number of rotatable bonds is 8. The lowest BCUT2D eigenvalue weighted by molar-refractivity contribution is -0.386. The third-order valence-electron chi connectivity index (χ3n) is 7.26. The van der Waals surface area contributed by atoms with Crippen LogP contribution < -0.4 is 9.47 Å². The van der Waals surface area contributed by atoms with E-state index in [1.54, 1.807) is 32.9 Å². The molecule has 9 nitrogen and oxygen atoms in total. The predicted molar refractivity (Wildman–Crippen MR) is 139 cm³/mol. The Labute approximate surface area is 221 Å². The topological polar surface area (TPSA) is 125 Å². The van der Waals surface area contributed by atoms with E-state index >= 15 is 0 Å². The van der Waals surface area contributed by atoms with Crippen LogP contribution in [0.15, 0.2) is 18.2 Å². The lowest BCUT2D eigenvalue weighted by atomic mass is 9.86. The predicted octanol–water partition coefficient (Wildman–Crippen LogP) is 6.61. The van der Waals surface area contributed by atoms with Gasteiger partial charge in [-0.1, -0.05) is 13.0 Å². The number of carboxylic acid groups (broad SMARTS) is 1. The minimum atomic E-state index is -0.889. The van der Waals surface area contributed by atoms with Gasteiger partial charge in [0.15, 0.2) is 0 Å². The highest BCUT2D eigenvalue weighted by atomic mass is 16.6. The fourth-order valence-electron chi connectivity index (χ4n) is 5.22. The second-order valence-electron chi connectivity index (χ2n) is 11.4. The molecule has 2 aromatic carbocycles. The van der Waals surface area contributed by atoms with Gasteiger partial charge in [0.25, 0.3) is 0 Å². The van der Waals surface area contributed by atoms with Crippen molar-refractivity contribution < 1.29 is 33.8 Å². The van der Waals surface area contributed by atoms with Crippen LogP contribution in [0.1, 0.15) is 110 Å². The number of carbonyl (C=O) groups is 2. The first kappa shape index (κ1) is 26.0. The monoisotopic (exact) mass is 523 g/mol. The average molecular weight is 524 g/mol. The summed E-state index contributed by atoms with van der Waals surface area (Å²) < 4.78 is 18.0. The first-order valence-electron chi connectivity index (χ1n) is 13.3. The molecule has 0 radical (unpaired) electrons. The Hall–Kier alpha value is -3.62. The summed E-state index contributed by atoms with van der Waals surface area (Å²) in [5.74, 6) is -1.02. The molecule has 1 aliphatic heterocycles. The lowest BCUT2D eigenvalue weighted by Gasteiger charge is -2.28. The van der Waals surface area contributed by atoms with E-state index in [1.165, 1.54) is 0 Å². The zero-order chi connectivity index (χ0) is 27.4. The van der Waals surface area contributed by atoms with Crippen molar-refractivity contribution in [1.82, 2.24) is 0 Å². The molecule has 202 valence electrons. The Morgan fingerprint density at radius 1 is 1.11 bits per heavy atom. The van der Waals surface area contributed by atoms with E-state index in [0.717, 1.165) is 36.8 Å². The number of nitro groups is 1. The Morgan fingerprint density at radius 3 is 2.34 bits per heavy atom. The van der Waals surface area contributed by atoms with Crippen LogP contribution in [-0.2, 0) is 16.0 Å². The fourth-order valence-corrected chi connectivity index (χ4v) is 5.22. The van der Waals surface area contributed by atoms with Gasteiger partial charge in [-0.15, -0.1) is 0 Å². The van der Waals surface area contributed by atoms with Crippen molar-refractivity contribution in [2.24, 2.45) is 0 Å². The van der Waals surface area contributed by atoms with Crippen LogP contribution in [0.2, 0.25) is 0 Å². The van der Waals surface area contributed by atoms with Crippen LogP contribution in [0.25, 0.3) is 0 Å². The summed E-state index contributed by atoms with van der Waals surface area (Å²) >= 11 is 0. The van der Waals surface area contributed by atoms with Gasteiger partial charge in [0.2, 0.25) is 5.75 Å². The molecule has 5 rings (SSSR count). The Bertz CT molecular complexity index is 1320. The largest absolute Gasteiger partial charge is 0.493 e. The number of nitro benzene ring substituents is 1. The van der Waals surface area contributed by atoms with E-state index in [-0.39, 0.29) is 29.8 Å². The van der Waals surface area contributed by atoms with Gasteiger partial charge in [0, 0.05) is 11.1 Å². The van der Waals surface area contributed by atoms with Gasteiger partial charge in [-0.2, -0.15) is 0 Å². The molecule has 38 heavy (non-hydrogen) atoms. The minimum Gasteiger partial charge on any atom is -0.493 e. The molecule has 2 saturated carbocycles. The summed E-state index contributed by atoms with van der Waals surface area (Å²) in [6, 6.07) is 5.08. The minimum absolute atomic E-state index is 0.0394. The quantitative estimate of drug-likeness (QED) is 0.233. The van der Waals surface area contributed by atoms with Crippen LogP contribution in [0.3, 0.4) is 0 Å². The van der Waals surface area contributed by atoms with E-state index in [2.05, 4.69) is 0 Å². The first-order valence-corrected chi connectivity index (χ1v) is 13.3. The SMILES string of the molecule is CCc1ccc(Oc2c(C3CC3)cc3c(c2C2CC2)OCCC3C(=O)O)c([N+](=O)[O-])c1C(=O)OC(C)(C)C. The summed E-state index contributed by atoms with van der Waals surface area (Å²) in [7, 11) is 0. The van der Waals surface area contributed by atoms with Crippen molar-refractivity contribution in [3.05, 3.63) is 56.1 Å². The van der Waals surface area contributed by atoms with E-state index in [0.29, 0.717) is 35.5 Å². The summed E-state index contributed by atoms with van der Waals surface area (Å²) in [6.45, 7) is 7.24. The maximum absolute atomic E-state index is 13.2. The zero-order valence-electron chi connectivity index (χ0n) is 22.2. The van der Waals surface area contributed by atoms with Crippen molar-refractivity contribution in [2.45, 2.75) is 89.6 Å². The van der Waals surface area contributed by atoms with Gasteiger partial charge in [-0.05, 0) is 94.4 Å². The molecule has 9 heteroatoms. The number of fused-ring (bicyclic) bond motifs is 1. The number of hydrogen-bond donors (Lipinski definition) is 1. The van der Waals surface area contributed by atoms with Crippen molar-refractivity contribution in [1.29, 1.82) is 0 Å². The number of esters is 1. The Morgan fingerprint density at radius 2 is 1.79 bits per heavy atom. The molecule has 0 aromatic heterocycles. The van der Waals surface area contributed by atoms with Gasteiger partial charge in [0.1, 0.15) is 22.7 Å². The van der Waals surface area contributed by atoms with Crippen LogP contribution in [0.4, 0.5) is 5.69 Å². The summed E-state index contributed by atoms with van der Waals surface area (Å²) in [6.07, 6.45) is 4.45. The molecule has 2 fully saturated rings. The number of aryl methyl sites for hydroxylation is 1. The summed E-state index contributed by atoms with van der Waals surface area (Å²) in [4.78, 5) is 37.1. The standard InChI is InChI=1S/C29H33NO8/c1-5-15-10-11-21(24(30(34)35)22(15)28(33)38-29(2,3)4)37-26-19(16-6-7-16)14-20-18(27(31)32)12-13-36-25(20)23(26)17-8-9-17/h10-11,14,16-18H,5-9,12-13H2,1-4H3,(H,31,32). The number of carboxylic acids is 1. The molecular weight excluding hydrogens is 490 g/mol. The lowest BCUT2D eigenvalue weighted by Crippen LogP contribution is -2.25. The maximum Gasteiger partial charge on any atom is 0.346 e. The van der Waals surface area contributed by atoms with E-state index < -0.39 is 34.1 Å². The molecule has 3 aliphatic rings. The molecule has 0 bridgehead atoms. The highest BCUT2D eigenvalue weighted by Gasteiger charge is 2.42. The van der Waals surface area contributed by atoms with E-state index in [1.807, 2.05) is 13.0 Å². The maximum atomic E-state index is 13.2. The van der Waals surface area contributed by atoms with Crippen LogP contribution in [-0.4, -0.2) is 34.2 Å². The number of hydrogen-bond acceptors (Lipinski definition) is 7. The molecule has 1 unspecified atom stereocenters. The second kappa shape index (κ2) is 9.60. The van der Waals surface area contributed by atoms with Crippen LogP contribution in [0, 0.1) is 10.1 Å². The number of aliphatic carboxylic acids is 1. The summed E-state index contributed by atoms with van der Waals surface area (Å²) in [5, 5.41) is 22.3. The molecule has 0 saturated heterocycles. The smallest absolute Gasteiger partial charge is 0.346 e. The van der Waals surface area contributed by atoms with Gasteiger partial charge in [0.05, 0.1) is 17.4 Å². The molecule has 0 amide bonds. The van der Waals surface area contributed by atoms with E-state index in [4.69, 9.17) is 14.2 Å².